The van der Waals surface area contributed by atoms with Crippen molar-refractivity contribution in [2.45, 2.75) is 13.3 Å². The van der Waals surface area contributed by atoms with E-state index in [2.05, 4.69) is 5.32 Å². The zero-order chi connectivity index (χ0) is 15.6. The summed E-state index contributed by atoms with van der Waals surface area (Å²) in [6.07, 6.45) is 0.580. The second kappa shape index (κ2) is 6.54. The Balaban J connectivity index is 2.08. The molecule has 2 unspecified atom stereocenters. The molecule has 1 aliphatic heterocycles. The van der Waals surface area contributed by atoms with Crippen LogP contribution in [0.2, 0.25) is 10.0 Å². The maximum absolute atomic E-state index is 12.3. The second-order valence-corrected chi connectivity index (χ2v) is 6.18. The van der Waals surface area contributed by atoms with Crippen LogP contribution in [0.5, 0.6) is 0 Å². The topological polar surface area (TPSA) is 69.6 Å². The molecule has 0 aliphatic carbocycles. The molecule has 1 saturated heterocycles. The molecule has 0 radical (unpaired) electrons. The molecule has 21 heavy (non-hydrogen) atoms. The van der Waals surface area contributed by atoms with Crippen molar-refractivity contribution < 1.29 is 14.7 Å². The Labute approximate surface area is 132 Å². The van der Waals surface area contributed by atoms with Crippen molar-refractivity contribution in [3.63, 3.8) is 0 Å². The van der Waals surface area contributed by atoms with Gasteiger partial charge >= 0.3 is 12.0 Å². The van der Waals surface area contributed by atoms with Crippen LogP contribution in [0, 0.1) is 11.8 Å². The maximum Gasteiger partial charge on any atom is 0.321 e. The molecule has 0 aromatic heterocycles. The van der Waals surface area contributed by atoms with Crippen LogP contribution in [0.1, 0.15) is 13.3 Å². The van der Waals surface area contributed by atoms with Crippen molar-refractivity contribution >= 4 is 40.9 Å². The quantitative estimate of drug-likeness (QED) is 0.870. The summed E-state index contributed by atoms with van der Waals surface area (Å²) in [5.74, 6) is -1.27. The van der Waals surface area contributed by atoms with Gasteiger partial charge in [-0.2, -0.15) is 0 Å². The SMILES string of the molecule is CC1CC(C(=O)O)CN(C(=O)Nc2cc(Cl)ccc2Cl)C1. The van der Waals surface area contributed by atoms with Gasteiger partial charge in [-0.3, -0.25) is 4.79 Å². The van der Waals surface area contributed by atoms with Gasteiger partial charge in [-0.1, -0.05) is 30.1 Å². The van der Waals surface area contributed by atoms with Crippen LogP contribution in [0.4, 0.5) is 10.5 Å². The third kappa shape index (κ3) is 4.02. The highest BCUT2D eigenvalue weighted by molar-refractivity contribution is 6.35. The number of hydrogen-bond acceptors (Lipinski definition) is 2. The molecule has 0 bridgehead atoms. The molecule has 1 aliphatic rings. The summed E-state index contributed by atoms with van der Waals surface area (Å²) in [5, 5.41) is 12.7. The normalized spacial score (nSPS) is 22.0. The Morgan fingerprint density at radius 1 is 1.33 bits per heavy atom. The number of halogens is 2. The van der Waals surface area contributed by atoms with E-state index in [0.29, 0.717) is 28.7 Å². The minimum Gasteiger partial charge on any atom is -0.481 e. The average molecular weight is 331 g/mol. The first-order chi connectivity index (χ1) is 9.86. The van der Waals surface area contributed by atoms with Gasteiger partial charge in [-0.15, -0.1) is 0 Å². The molecule has 1 aromatic rings. The van der Waals surface area contributed by atoms with E-state index >= 15 is 0 Å². The number of likely N-dealkylation sites (tertiary alicyclic amines) is 1. The predicted octanol–water partition coefficient (Wildman–Crippen LogP) is 3.57. The minimum absolute atomic E-state index is 0.139. The zero-order valence-corrected chi connectivity index (χ0v) is 13.0. The number of nitrogens with zero attached hydrogens (tertiary/aromatic N) is 1. The summed E-state index contributed by atoms with van der Waals surface area (Å²) < 4.78 is 0. The number of benzene rings is 1. The van der Waals surface area contributed by atoms with E-state index < -0.39 is 11.9 Å². The van der Waals surface area contributed by atoms with Crippen LogP contribution in [0.25, 0.3) is 0 Å². The van der Waals surface area contributed by atoms with Crippen LogP contribution in [0.3, 0.4) is 0 Å². The number of aliphatic carboxylic acids is 1. The Morgan fingerprint density at radius 3 is 2.71 bits per heavy atom. The van der Waals surface area contributed by atoms with Crippen LogP contribution in [0.15, 0.2) is 18.2 Å². The van der Waals surface area contributed by atoms with E-state index in [1.165, 1.54) is 4.90 Å². The fourth-order valence-corrected chi connectivity index (χ4v) is 2.82. The number of carboxylic acid groups (broad SMARTS) is 1. The van der Waals surface area contributed by atoms with Gasteiger partial charge in [0.25, 0.3) is 0 Å². The van der Waals surface area contributed by atoms with Crippen molar-refractivity contribution in [3.8, 4) is 0 Å². The van der Waals surface area contributed by atoms with Gasteiger partial charge in [-0.25, -0.2) is 4.79 Å². The molecule has 2 N–H and O–H groups in total. The Hall–Kier alpha value is -1.46. The van der Waals surface area contributed by atoms with Crippen LogP contribution in [-0.4, -0.2) is 35.1 Å². The Kier molecular flexibility index (Phi) is 4.96. The number of nitrogens with one attached hydrogen (secondary N) is 1. The average Bonchev–Trinajstić information content (AvgIpc) is 2.42. The van der Waals surface area contributed by atoms with Crippen LogP contribution < -0.4 is 5.32 Å². The highest BCUT2D eigenvalue weighted by atomic mass is 35.5. The number of urea groups is 1. The van der Waals surface area contributed by atoms with E-state index in [0.717, 1.165) is 0 Å². The molecule has 1 fully saturated rings. The number of anilines is 1. The van der Waals surface area contributed by atoms with Gasteiger partial charge in [0, 0.05) is 18.1 Å². The van der Waals surface area contributed by atoms with Gasteiger partial charge in [-0.05, 0) is 30.5 Å². The zero-order valence-electron chi connectivity index (χ0n) is 11.5. The lowest BCUT2D eigenvalue weighted by molar-refractivity contribution is -0.143. The minimum atomic E-state index is -0.875. The maximum atomic E-state index is 12.3. The molecule has 1 heterocycles. The number of carbonyl (C=O) groups excluding carboxylic acids is 1. The lowest BCUT2D eigenvalue weighted by Crippen LogP contribution is -2.47. The summed E-state index contributed by atoms with van der Waals surface area (Å²) in [5.41, 5.74) is 0.416. The summed E-state index contributed by atoms with van der Waals surface area (Å²) in [7, 11) is 0. The van der Waals surface area contributed by atoms with E-state index in [9.17, 15) is 9.59 Å². The van der Waals surface area contributed by atoms with Gasteiger partial charge in [0.1, 0.15) is 0 Å². The van der Waals surface area contributed by atoms with Gasteiger partial charge in [0.05, 0.1) is 16.6 Å². The fraction of sp³-hybridized carbons (Fsp3) is 0.429. The van der Waals surface area contributed by atoms with E-state index in [1.807, 2.05) is 6.92 Å². The van der Waals surface area contributed by atoms with Crippen molar-refractivity contribution in [3.05, 3.63) is 28.2 Å². The number of carboxylic acids is 1. The van der Waals surface area contributed by atoms with Crippen molar-refractivity contribution in [2.75, 3.05) is 18.4 Å². The second-order valence-electron chi connectivity index (χ2n) is 5.34. The fourth-order valence-electron chi connectivity index (χ4n) is 2.48. The van der Waals surface area contributed by atoms with Crippen LogP contribution in [-0.2, 0) is 4.79 Å². The first-order valence-corrected chi connectivity index (χ1v) is 7.36. The molecule has 1 aromatic carbocycles. The number of carbonyl (C=O) groups is 2. The van der Waals surface area contributed by atoms with Gasteiger partial charge in [0.15, 0.2) is 0 Å². The highest BCUT2D eigenvalue weighted by Gasteiger charge is 2.32. The number of amides is 2. The first-order valence-electron chi connectivity index (χ1n) is 6.60. The Bertz CT molecular complexity index is 565. The molecule has 2 rings (SSSR count). The molecule has 5 nitrogen and oxygen atoms in total. The lowest BCUT2D eigenvalue weighted by atomic mass is 9.91. The lowest BCUT2D eigenvalue weighted by Gasteiger charge is -2.34. The van der Waals surface area contributed by atoms with E-state index in [1.54, 1.807) is 18.2 Å². The summed E-state index contributed by atoms with van der Waals surface area (Å²) in [6, 6.07) is 4.42. The van der Waals surface area contributed by atoms with E-state index in [-0.39, 0.29) is 18.5 Å². The molecular weight excluding hydrogens is 315 g/mol. The van der Waals surface area contributed by atoms with Crippen molar-refractivity contribution in [2.24, 2.45) is 11.8 Å². The molecule has 0 saturated carbocycles. The third-order valence-electron chi connectivity index (χ3n) is 3.47. The van der Waals surface area contributed by atoms with Gasteiger partial charge in [0.2, 0.25) is 0 Å². The summed E-state index contributed by atoms with van der Waals surface area (Å²) >= 11 is 11.9. The summed E-state index contributed by atoms with van der Waals surface area (Å²) in [4.78, 5) is 24.9. The number of hydrogen-bond donors (Lipinski definition) is 2. The molecular formula is C14H16Cl2N2O3. The number of piperidine rings is 1. The van der Waals surface area contributed by atoms with E-state index in [4.69, 9.17) is 28.3 Å². The van der Waals surface area contributed by atoms with Crippen molar-refractivity contribution in [1.29, 1.82) is 0 Å². The first kappa shape index (κ1) is 15.9. The monoisotopic (exact) mass is 330 g/mol. The molecule has 2 amide bonds. The molecule has 114 valence electrons. The summed E-state index contributed by atoms with van der Waals surface area (Å²) in [6.45, 7) is 2.65. The molecule has 0 spiro atoms. The third-order valence-corrected chi connectivity index (χ3v) is 4.03. The van der Waals surface area contributed by atoms with Crippen LogP contribution >= 0.6 is 23.2 Å². The van der Waals surface area contributed by atoms with Gasteiger partial charge < -0.3 is 15.3 Å². The number of rotatable bonds is 2. The smallest absolute Gasteiger partial charge is 0.321 e. The molecule has 7 heteroatoms. The standard InChI is InChI=1S/C14H16Cl2N2O3/c1-8-4-9(13(19)20)7-18(6-8)14(21)17-12-5-10(15)2-3-11(12)16/h2-3,5,8-9H,4,6-7H2,1H3,(H,17,21)(H,19,20). The van der Waals surface area contributed by atoms with Crippen molar-refractivity contribution in [1.82, 2.24) is 4.90 Å². The molecule has 2 atom stereocenters. The largest absolute Gasteiger partial charge is 0.481 e. The highest BCUT2D eigenvalue weighted by Crippen LogP contribution is 2.27. The predicted molar refractivity (Wildman–Crippen MR) is 82.0 cm³/mol. The Morgan fingerprint density at radius 2 is 2.05 bits per heavy atom.